The average molecular weight is 318 g/mol. The van der Waals surface area contributed by atoms with Gasteiger partial charge in [-0.25, -0.2) is 8.78 Å². The van der Waals surface area contributed by atoms with E-state index in [1.165, 1.54) is 26.9 Å². The van der Waals surface area contributed by atoms with Crippen LogP contribution >= 0.6 is 22.7 Å². The summed E-state index contributed by atoms with van der Waals surface area (Å²) < 4.78 is 27.1. The van der Waals surface area contributed by atoms with Crippen molar-refractivity contribution >= 4 is 22.7 Å². The van der Waals surface area contributed by atoms with E-state index in [1.807, 2.05) is 0 Å². The largest absolute Gasteiger partial charge is 0.207 e. The second-order valence-electron chi connectivity index (χ2n) is 5.57. The third-order valence-corrected chi connectivity index (χ3v) is 6.28. The van der Waals surface area contributed by atoms with Gasteiger partial charge in [0, 0.05) is 21.2 Å². The zero-order valence-electron chi connectivity index (χ0n) is 11.3. The number of hydrogen-bond donors (Lipinski definition) is 0. The second-order valence-corrected chi connectivity index (χ2v) is 7.40. The van der Waals surface area contributed by atoms with Gasteiger partial charge in [-0.3, -0.25) is 0 Å². The summed E-state index contributed by atoms with van der Waals surface area (Å²) in [6.07, 6.45) is 0.548. The van der Waals surface area contributed by atoms with Gasteiger partial charge in [0.05, 0.1) is 0 Å². The molecular formula is C17H12F2S2. The molecule has 1 aliphatic rings. The number of halogens is 2. The van der Waals surface area contributed by atoms with Gasteiger partial charge < -0.3 is 0 Å². The highest BCUT2D eigenvalue weighted by molar-refractivity contribution is 7.21. The van der Waals surface area contributed by atoms with E-state index < -0.39 is 11.6 Å². The topological polar surface area (TPSA) is 0 Å². The van der Waals surface area contributed by atoms with E-state index in [-0.39, 0.29) is 5.41 Å². The van der Waals surface area contributed by atoms with Crippen LogP contribution in [0.5, 0.6) is 0 Å². The van der Waals surface area contributed by atoms with E-state index in [0.29, 0.717) is 12.0 Å². The molecule has 0 fully saturated rings. The Balaban J connectivity index is 1.85. The molecule has 106 valence electrons. The van der Waals surface area contributed by atoms with Crippen molar-refractivity contribution < 1.29 is 8.78 Å². The Morgan fingerprint density at radius 2 is 1.57 bits per heavy atom. The fourth-order valence-electron chi connectivity index (χ4n) is 3.22. The summed E-state index contributed by atoms with van der Waals surface area (Å²) in [5, 5.41) is 4.18. The van der Waals surface area contributed by atoms with Crippen molar-refractivity contribution in [3.05, 3.63) is 69.4 Å². The Hall–Kier alpha value is -1.52. The minimum absolute atomic E-state index is 0.233. The van der Waals surface area contributed by atoms with Crippen LogP contribution in [0.25, 0.3) is 9.75 Å². The van der Waals surface area contributed by atoms with Crippen molar-refractivity contribution in [3.63, 3.8) is 0 Å². The standard InChI is InChI=1S/C17H12F2S2/c1-17(9-10-2-3-11(18)8-14(10)19)12-4-6-20-15(12)16-13(17)5-7-21-16/h2-8H,9H2,1H3. The molecule has 3 aromatic rings. The van der Waals surface area contributed by atoms with E-state index >= 15 is 0 Å². The SMILES string of the molecule is CC1(Cc2ccc(F)cc2F)c2ccsc2-c2sccc21. The van der Waals surface area contributed by atoms with Crippen LogP contribution in [-0.2, 0) is 11.8 Å². The molecule has 0 saturated heterocycles. The molecule has 1 aromatic carbocycles. The minimum Gasteiger partial charge on any atom is -0.207 e. The van der Waals surface area contributed by atoms with Crippen LogP contribution < -0.4 is 0 Å². The van der Waals surface area contributed by atoms with E-state index in [1.54, 1.807) is 28.7 Å². The fraction of sp³-hybridized carbons (Fsp3) is 0.176. The Kier molecular flexibility index (Phi) is 2.81. The second kappa shape index (κ2) is 4.49. The van der Waals surface area contributed by atoms with Crippen LogP contribution in [0.2, 0.25) is 0 Å². The molecule has 0 aliphatic heterocycles. The van der Waals surface area contributed by atoms with Gasteiger partial charge in [-0.05, 0) is 52.1 Å². The smallest absolute Gasteiger partial charge is 0.129 e. The fourth-order valence-corrected chi connectivity index (χ4v) is 5.46. The van der Waals surface area contributed by atoms with E-state index in [2.05, 4.69) is 29.8 Å². The summed E-state index contributed by atoms with van der Waals surface area (Å²) in [7, 11) is 0. The molecule has 2 aromatic heterocycles. The Bertz CT molecular complexity index is 789. The highest BCUT2D eigenvalue weighted by Gasteiger charge is 2.41. The zero-order valence-corrected chi connectivity index (χ0v) is 13.0. The molecular weight excluding hydrogens is 306 g/mol. The molecule has 0 saturated carbocycles. The maximum absolute atomic E-state index is 14.0. The van der Waals surface area contributed by atoms with E-state index in [9.17, 15) is 8.78 Å². The van der Waals surface area contributed by atoms with Gasteiger partial charge in [-0.15, -0.1) is 22.7 Å². The van der Waals surface area contributed by atoms with Crippen LogP contribution in [0.15, 0.2) is 41.1 Å². The summed E-state index contributed by atoms with van der Waals surface area (Å²) >= 11 is 3.47. The lowest BCUT2D eigenvalue weighted by Gasteiger charge is -2.26. The van der Waals surface area contributed by atoms with Crippen molar-refractivity contribution in [3.8, 4) is 9.75 Å². The quantitative estimate of drug-likeness (QED) is 0.575. The number of hydrogen-bond acceptors (Lipinski definition) is 2. The Labute approximate surface area is 129 Å². The number of thiophene rings is 2. The van der Waals surface area contributed by atoms with Crippen molar-refractivity contribution in [2.75, 3.05) is 0 Å². The first-order valence-corrected chi connectivity index (χ1v) is 8.46. The van der Waals surface area contributed by atoms with Gasteiger partial charge in [0.15, 0.2) is 0 Å². The van der Waals surface area contributed by atoms with Crippen molar-refractivity contribution in [2.24, 2.45) is 0 Å². The average Bonchev–Trinajstić information content (AvgIpc) is 3.11. The van der Waals surface area contributed by atoms with Gasteiger partial charge in [-0.2, -0.15) is 0 Å². The first-order valence-electron chi connectivity index (χ1n) is 6.70. The van der Waals surface area contributed by atoms with Gasteiger partial charge in [-0.1, -0.05) is 13.0 Å². The van der Waals surface area contributed by atoms with Crippen LogP contribution in [0.3, 0.4) is 0 Å². The summed E-state index contributed by atoms with van der Waals surface area (Å²) in [4.78, 5) is 2.59. The molecule has 1 aliphatic carbocycles. The molecule has 0 amide bonds. The molecule has 0 atom stereocenters. The lowest BCUT2D eigenvalue weighted by molar-refractivity contribution is 0.533. The summed E-state index contributed by atoms with van der Waals surface area (Å²) in [5.74, 6) is -0.989. The van der Waals surface area contributed by atoms with Crippen LogP contribution in [-0.4, -0.2) is 0 Å². The molecule has 0 nitrogen and oxygen atoms in total. The monoisotopic (exact) mass is 318 g/mol. The Morgan fingerprint density at radius 1 is 0.952 bits per heavy atom. The molecule has 0 radical (unpaired) electrons. The highest BCUT2D eigenvalue weighted by atomic mass is 32.1. The maximum atomic E-state index is 14.0. The predicted molar refractivity (Wildman–Crippen MR) is 84.1 cm³/mol. The molecule has 0 bridgehead atoms. The van der Waals surface area contributed by atoms with Crippen LogP contribution in [0.4, 0.5) is 8.78 Å². The molecule has 0 spiro atoms. The van der Waals surface area contributed by atoms with Crippen LogP contribution in [0, 0.1) is 11.6 Å². The van der Waals surface area contributed by atoms with Crippen molar-refractivity contribution in [2.45, 2.75) is 18.8 Å². The summed E-state index contributed by atoms with van der Waals surface area (Å²) in [6.45, 7) is 2.15. The van der Waals surface area contributed by atoms with Gasteiger partial charge in [0.1, 0.15) is 11.6 Å². The lowest BCUT2D eigenvalue weighted by Crippen LogP contribution is -2.23. The first kappa shape index (κ1) is 13.2. The molecule has 4 rings (SSSR count). The molecule has 0 unspecified atom stereocenters. The zero-order chi connectivity index (χ0) is 14.6. The van der Waals surface area contributed by atoms with Crippen LogP contribution in [0.1, 0.15) is 23.6 Å². The van der Waals surface area contributed by atoms with Gasteiger partial charge in [0.25, 0.3) is 0 Å². The number of fused-ring (bicyclic) bond motifs is 3. The number of rotatable bonds is 2. The molecule has 4 heteroatoms. The third-order valence-electron chi connectivity index (χ3n) is 4.28. The van der Waals surface area contributed by atoms with E-state index in [0.717, 1.165) is 6.07 Å². The lowest BCUT2D eigenvalue weighted by atomic mass is 9.76. The molecule has 21 heavy (non-hydrogen) atoms. The first-order chi connectivity index (χ1) is 10.1. The maximum Gasteiger partial charge on any atom is 0.129 e. The minimum atomic E-state index is -0.528. The van der Waals surface area contributed by atoms with Gasteiger partial charge >= 0.3 is 0 Å². The van der Waals surface area contributed by atoms with Crippen molar-refractivity contribution in [1.29, 1.82) is 0 Å². The van der Waals surface area contributed by atoms with Gasteiger partial charge in [0.2, 0.25) is 0 Å². The predicted octanol–water partition coefficient (Wildman–Crippen LogP) is 5.62. The third kappa shape index (κ3) is 1.82. The van der Waals surface area contributed by atoms with Crippen molar-refractivity contribution in [1.82, 2.24) is 0 Å². The number of benzene rings is 1. The highest BCUT2D eigenvalue weighted by Crippen LogP contribution is 2.54. The summed E-state index contributed by atoms with van der Waals surface area (Å²) in [5.41, 5.74) is 2.86. The molecule has 2 heterocycles. The molecule has 0 N–H and O–H groups in total. The summed E-state index contributed by atoms with van der Waals surface area (Å²) in [6, 6.07) is 8.13. The Morgan fingerprint density at radius 3 is 2.14 bits per heavy atom. The van der Waals surface area contributed by atoms with E-state index in [4.69, 9.17) is 0 Å². The normalized spacial score (nSPS) is 15.0.